The fraction of sp³-hybridized carbons (Fsp3) is 0.261. The molecule has 146 valence electrons. The maximum absolute atomic E-state index is 6.27. The van der Waals surface area contributed by atoms with E-state index in [4.69, 9.17) is 21.1 Å². The molecule has 0 aliphatic rings. The first-order valence-corrected chi connectivity index (χ1v) is 9.66. The van der Waals surface area contributed by atoms with Crippen LogP contribution in [0, 0.1) is 5.41 Å². The van der Waals surface area contributed by atoms with E-state index in [1.807, 2.05) is 66.2 Å². The number of hydrogen-bond donors (Lipinski definition) is 0. The van der Waals surface area contributed by atoms with Crippen molar-refractivity contribution in [3.8, 4) is 16.9 Å². The summed E-state index contributed by atoms with van der Waals surface area (Å²) in [6.45, 7) is 8.83. The lowest BCUT2D eigenvalue weighted by Crippen LogP contribution is -2.19. The van der Waals surface area contributed by atoms with Gasteiger partial charge in [0.1, 0.15) is 12.1 Å². The fourth-order valence-corrected chi connectivity index (χ4v) is 2.93. The van der Waals surface area contributed by atoms with Crippen LogP contribution >= 0.6 is 11.6 Å². The Hall–Kier alpha value is -2.72. The van der Waals surface area contributed by atoms with Crippen molar-refractivity contribution in [3.05, 3.63) is 78.0 Å². The number of allylic oxidation sites excluding steroid dienone is 1. The summed E-state index contributed by atoms with van der Waals surface area (Å²) in [4.78, 5) is 4.15. The van der Waals surface area contributed by atoms with Gasteiger partial charge in [-0.25, -0.2) is 4.98 Å². The van der Waals surface area contributed by atoms with Crippen LogP contribution in [0.3, 0.4) is 0 Å². The molecule has 0 fully saturated rings. The van der Waals surface area contributed by atoms with Gasteiger partial charge >= 0.3 is 0 Å². The molecule has 28 heavy (non-hydrogen) atoms. The molecule has 0 bridgehead atoms. The van der Waals surface area contributed by atoms with Crippen LogP contribution in [0.2, 0.25) is 5.02 Å². The smallest absolute Gasteiger partial charge is 0.244 e. The van der Waals surface area contributed by atoms with E-state index in [2.05, 4.69) is 25.8 Å². The number of hydrogen-bond acceptors (Lipinski definition) is 3. The average molecular weight is 397 g/mol. The van der Waals surface area contributed by atoms with Crippen LogP contribution in [0.25, 0.3) is 17.0 Å². The van der Waals surface area contributed by atoms with Gasteiger partial charge in [0, 0.05) is 22.8 Å². The molecule has 0 unspecified atom stereocenters. The summed E-state index contributed by atoms with van der Waals surface area (Å²) in [6.07, 6.45) is 5.28. The Balaban J connectivity index is 1.94. The second kappa shape index (κ2) is 8.53. The molecule has 3 aromatic rings. The van der Waals surface area contributed by atoms with Crippen molar-refractivity contribution >= 4 is 17.5 Å². The Labute approximate surface area is 171 Å². The average Bonchev–Trinajstić information content (AvgIpc) is 3.19. The summed E-state index contributed by atoms with van der Waals surface area (Å²) in [7, 11) is 0. The Bertz CT molecular complexity index is 922. The van der Waals surface area contributed by atoms with E-state index in [9.17, 15) is 0 Å². The van der Waals surface area contributed by atoms with Gasteiger partial charge in [-0.15, -0.1) is 0 Å². The maximum Gasteiger partial charge on any atom is 0.244 e. The first-order chi connectivity index (χ1) is 13.4. The number of ether oxygens (including phenoxy) is 2. The third-order valence-electron chi connectivity index (χ3n) is 4.15. The van der Waals surface area contributed by atoms with Crippen LogP contribution in [0.5, 0.6) is 5.75 Å². The molecule has 0 amide bonds. The van der Waals surface area contributed by atoms with E-state index in [1.54, 1.807) is 12.5 Å². The molecular formula is C23H25ClN2O2. The molecule has 0 aliphatic carbocycles. The highest BCUT2D eigenvalue weighted by Crippen LogP contribution is 2.33. The summed E-state index contributed by atoms with van der Waals surface area (Å²) in [5.41, 5.74) is 1.97. The van der Waals surface area contributed by atoms with Crippen molar-refractivity contribution in [2.24, 2.45) is 5.41 Å². The number of halogens is 1. The zero-order valence-electron chi connectivity index (χ0n) is 16.6. The Morgan fingerprint density at radius 1 is 1.00 bits per heavy atom. The Kier molecular flexibility index (Phi) is 6.10. The number of aromatic nitrogens is 2. The SMILES string of the molecule is CCO/C(=C(\Oc1ccc(-c2ccc(Cl)cc2)cc1)n1ccnc1)C(C)(C)C. The zero-order valence-corrected chi connectivity index (χ0v) is 17.4. The predicted molar refractivity (Wildman–Crippen MR) is 114 cm³/mol. The quantitative estimate of drug-likeness (QED) is 0.446. The van der Waals surface area contributed by atoms with Crippen LogP contribution < -0.4 is 4.74 Å². The minimum atomic E-state index is -0.223. The minimum absolute atomic E-state index is 0.223. The Morgan fingerprint density at radius 3 is 2.11 bits per heavy atom. The number of rotatable bonds is 6. The topological polar surface area (TPSA) is 36.3 Å². The summed E-state index contributed by atoms with van der Waals surface area (Å²) >= 11 is 5.98. The third-order valence-corrected chi connectivity index (χ3v) is 4.40. The molecule has 0 spiro atoms. The molecule has 0 N–H and O–H groups in total. The lowest BCUT2D eigenvalue weighted by atomic mass is 9.93. The zero-order chi connectivity index (χ0) is 20.1. The van der Waals surface area contributed by atoms with Gasteiger partial charge in [0.2, 0.25) is 5.88 Å². The van der Waals surface area contributed by atoms with Crippen molar-refractivity contribution < 1.29 is 9.47 Å². The molecule has 0 saturated carbocycles. The van der Waals surface area contributed by atoms with Crippen molar-refractivity contribution in [2.75, 3.05) is 6.61 Å². The highest BCUT2D eigenvalue weighted by molar-refractivity contribution is 6.30. The summed E-state index contributed by atoms with van der Waals surface area (Å²) in [6, 6.07) is 15.7. The first-order valence-electron chi connectivity index (χ1n) is 9.28. The Morgan fingerprint density at radius 2 is 1.61 bits per heavy atom. The highest BCUT2D eigenvalue weighted by Gasteiger charge is 2.26. The van der Waals surface area contributed by atoms with E-state index >= 15 is 0 Å². The van der Waals surface area contributed by atoms with E-state index < -0.39 is 0 Å². The second-order valence-electron chi connectivity index (χ2n) is 7.42. The van der Waals surface area contributed by atoms with Crippen LogP contribution in [-0.4, -0.2) is 16.2 Å². The van der Waals surface area contributed by atoms with Gasteiger partial charge in [0.25, 0.3) is 0 Å². The molecule has 0 aliphatic heterocycles. The summed E-state index contributed by atoms with van der Waals surface area (Å²) in [5.74, 6) is 2.11. The van der Waals surface area contributed by atoms with Crippen molar-refractivity contribution in [3.63, 3.8) is 0 Å². The normalized spacial score (nSPS) is 12.5. The van der Waals surface area contributed by atoms with E-state index in [-0.39, 0.29) is 5.41 Å². The standard InChI is InChI=1S/C23H25ClN2O2/c1-5-27-21(23(2,3)4)22(26-15-14-25-16-26)28-20-12-8-18(9-13-20)17-6-10-19(24)11-7-17/h6-16H,5H2,1-4H3/b22-21-. The lowest BCUT2D eigenvalue weighted by molar-refractivity contribution is 0.155. The monoisotopic (exact) mass is 396 g/mol. The molecule has 4 nitrogen and oxygen atoms in total. The second-order valence-corrected chi connectivity index (χ2v) is 7.86. The molecule has 0 saturated heterocycles. The highest BCUT2D eigenvalue weighted by atomic mass is 35.5. The van der Waals surface area contributed by atoms with Gasteiger partial charge in [-0.3, -0.25) is 4.57 Å². The molecular weight excluding hydrogens is 372 g/mol. The molecule has 5 heteroatoms. The fourth-order valence-electron chi connectivity index (χ4n) is 2.81. The van der Waals surface area contributed by atoms with Crippen molar-refractivity contribution in [2.45, 2.75) is 27.7 Å². The van der Waals surface area contributed by atoms with Crippen molar-refractivity contribution in [1.29, 1.82) is 0 Å². The lowest BCUT2D eigenvalue weighted by Gasteiger charge is -2.26. The van der Waals surface area contributed by atoms with Gasteiger partial charge in [0.05, 0.1) is 6.61 Å². The molecule has 1 heterocycles. The molecule has 2 aromatic carbocycles. The van der Waals surface area contributed by atoms with E-state index in [0.29, 0.717) is 12.5 Å². The number of benzene rings is 2. The largest absolute Gasteiger partial charge is 0.492 e. The van der Waals surface area contributed by atoms with Gasteiger partial charge in [-0.2, -0.15) is 0 Å². The van der Waals surface area contributed by atoms with Crippen LogP contribution in [0.1, 0.15) is 27.7 Å². The van der Waals surface area contributed by atoms with Crippen LogP contribution in [-0.2, 0) is 4.74 Å². The maximum atomic E-state index is 6.27. The number of nitrogens with zero attached hydrogens (tertiary/aromatic N) is 2. The molecule has 1 aromatic heterocycles. The molecule has 0 radical (unpaired) electrons. The van der Waals surface area contributed by atoms with Gasteiger partial charge in [-0.05, 0) is 42.3 Å². The van der Waals surface area contributed by atoms with E-state index in [1.165, 1.54) is 0 Å². The van der Waals surface area contributed by atoms with Crippen molar-refractivity contribution in [1.82, 2.24) is 9.55 Å². The first kappa shape index (κ1) is 20.0. The van der Waals surface area contributed by atoms with E-state index in [0.717, 1.165) is 27.7 Å². The minimum Gasteiger partial charge on any atom is -0.492 e. The van der Waals surface area contributed by atoms with Gasteiger partial charge in [0.15, 0.2) is 5.76 Å². The predicted octanol–water partition coefficient (Wildman–Crippen LogP) is 6.49. The van der Waals surface area contributed by atoms with Crippen LogP contribution in [0.15, 0.2) is 73.0 Å². The van der Waals surface area contributed by atoms with Crippen LogP contribution in [0.4, 0.5) is 0 Å². The number of imidazole rings is 1. The molecule has 3 rings (SSSR count). The molecule has 0 atom stereocenters. The summed E-state index contributed by atoms with van der Waals surface area (Å²) < 4.78 is 14.1. The summed E-state index contributed by atoms with van der Waals surface area (Å²) in [5, 5.41) is 0.726. The van der Waals surface area contributed by atoms with Gasteiger partial charge < -0.3 is 9.47 Å². The van der Waals surface area contributed by atoms with Gasteiger partial charge in [-0.1, -0.05) is 56.6 Å². The third kappa shape index (κ3) is 4.76.